The topological polar surface area (TPSA) is 41.6 Å². The molecule has 0 spiro atoms. The number of piperidine rings is 1. The van der Waals surface area contributed by atoms with Gasteiger partial charge in [-0.05, 0) is 32.7 Å². The number of nitrogens with zero attached hydrogens (tertiary/aromatic N) is 1. The fourth-order valence-electron chi connectivity index (χ4n) is 2.29. The van der Waals surface area contributed by atoms with Gasteiger partial charge < -0.3 is 15.0 Å². The van der Waals surface area contributed by atoms with Gasteiger partial charge in [-0.25, -0.2) is 0 Å². The third kappa shape index (κ3) is 5.50. The van der Waals surface area contributed by atoms with Crippen molar-refractivity contribution < 1.29 is 9.53 Å². The molecule has 1 atom stereocenters. The summed E-state index contributed by atoms with van der Waals surface area (Å²) in [6, 6.07) is 0.550. The summed E-state index contributed by atoms with van der Waals surface area (Å²) >= 11 is 0. The largest absolute Gasteiger partial charge is 0.383 e. The van der Waals surface area contributed by atoms with Crippen LogP contribution >= 0.6 is 0 Å². The Kier molecular flexibility index (Phi) is 7.21. The van der Waals surface area contributed by atoms with Crippen molar-refractivity contribution in [2.45, 2.75) is 45.1 Å². The minimum atomic E-state index is 0.261. The summed E-state index contributed by atoms with van der Waals surface area (Å²) in [7, 11) is 1.67. The SMILES string of the molecule is CCN(CCOC)C(=O)CCC1CCCCN1. The van der Waals surface area contributed by atoms with Crippen molar-refractivity contribution in [3.63, 3.8) is 0 Å². The average Bonchev–Trinajstić information content (AvgIpc) is 2.38. The van der Waals surface area contributed by atoms with Crippen molar-refractivity contribution in [2.24, 2.45) is 0 Å². The quantitative estimate of drug-likeness (QED) is 0.734. The average molecular weight is 242 g/mol. The first-order valence-corrected chi connectivity index (χ1v) is 6.78. The van der Waals surface area contributed by atoms with Gasteiger partial charge >= 0.3 is 0 Å². The zero-order chi connectivity index (χ0) is 12.5. The molecule has 0 saturated carbocycles. The molecule has 0 aromatic heterocycles. The van der Waals surface area contributed by atoms with E-state index in [0.29, 0.717) is 25.6 Å². The van der Waals surface area contributed by atoms with Crippen LogP contribution in [0.3, 0.4) is 0 Å². The van der Waals surface area contributed by atoms with Crippen LogP contribution < -0.4 is 5.32 Å². The molecule has 0 aromatic rings. The highest BCUT2D eigenvalue weighted by atomic mass is 16.5. The molecular formula is C13H26N2O2. The van der Waals surface area contributed by atoms with Crippen molar-refractivity contribution in [1.82, 2.24) is 10.2 Å². The molecule has 1 fully saturated rings. The first kappa shape index (κ1) is 14.5. The lowest BCUT2D eigenvalue weighted by molar-refractivity contribution is -0.131. The third-order valence-corrected chi connectivity index (χ3v) is 3.42. The maximum Gasteiger partial charge on any atom is 0.222 e. The van der Waals surface area contributed by atoms with Crippen LogP contribution in [0.25, 0.3) is 0 Å². The minimum Gasteiger partial charge on any atom is -0.383 e. The van der Waals surface area contributed by atoms with E-state index in [-0.39, 0.29) is 5.91 Å². The molecule has 0 aromatic carbocycles. The van der Waals surface area contributed by atoms with Gasteiger partial charge in [0, 0.05) is 32.7 Å². The van der Waals surface area contributed by atoms with Gasteiger partial charge in [-0.2, -0.15) is 0 Å². The lowest BCUT2D eigenvalue weighted by Crippen LogP contribution is -2.37. The summed E-state index contributed by atoms with van der Waals surface area (Å²) in [4.78, 5) is 13.8. The lowest BCUT2D eigenvalue weighted by atomic mass is 10.0. The Morgan fingerprint density at radius 3 is 2.88 bits per heavy atom. The second-order valence-electron chi connectivity index (χ2n) is 4.65. The molecule has 100 valence electrons. The zero-order valence-corrected chi connectivity index (χ0v) is 11.2. The summed E-state index contributed by atoms with van der Waals surface area (Å²) in [6.45, 7) is 5.25. The molecule has 4 heteroatoms. The van der Waals surface area contributed by atoms with Gasteiger partial charge in [0.05, 0.1) is 6.61 Å². The Morgan fingerprint density at radius 1 is 1.47 bits per heavy atom. The number of nitrogens with one attached hydrogen (secondary N) is 1. The Hall–Kier alpha value is -0.610. The van der Waals surface area contributed by atoms with Gasteiger partial charge in [-0.3, -0.25) is 4.79 Å². The van der Waals surface area contributed by atoms with Crippen molar-refractivity contribution >= 4 is 5.91 Å². The Labute approximate surface area is 105 Å². The second kappa shape index (κ2) is 8.48. The maximum absolute atomic E-state index is 12.0. The zero-order valence-electron chi connectivity index (χ0n) is 11.2. The summed E-state index contributed by atoms with van der Waals surface area (Å²) in [6.07, 6.45) is 5.43. The van der Waals surface area contributed by atoms with Gasteiger partial charge in [0.2, 0.25) is 5.91 Å². The van der Waals surface area contributed by atoms with Crippen LogP contribution in [0, 0.1) is 0 Å². The van der Waals surface area contributed by atoms with E-state index < -0.39 is 0 Å². The molecule has 4 nitrogen and oxygen atoms in total. The highest BCUT2D eigenvalue weighted by molar-refractivity contribution is 5.76. The molecule has 1 unspecified atom stereocenters. The van der Waals surface area contributed by atoms with E-state index in [2.05, 4.69) is 5.32 Å². The van der Waals surface area contributed by atoms with Gasteiger partial charge in [-0.1, -0.05) is 6.42 Å². The number of carbonyl (C=O) groups excluding carboxylic acids is 1. The van der Waals surface area contributed by atoms with Crippen LogP contribution in [0.4, 0.5) is 0 Å². The Bertz CT molecular complexity index is 215. The standard InChI is InChI=1S/C13H26N2O2/c1-3-15(10-11-17-2)13(16)8-7-12-6-4-5-9-14-12/h12,14H,3-11H2,1-2H3. The van der Waals surface area contributed by atoms with Crippen LogP contribution in [0.1, 0.15) is 39.0 Å². The predicted molar refractivity (Wildman–Crippen MR) is 69.0 cm³/mol. The minimum absolute atomic E-state index is 0.261. The second-order valence-corrected chi connectivity index (χ2v) is 4.65. The number of rotatable bonds is 7. The number of hydrogen-bond donors (Lipinski definition) is 1. The van der Waals surface area contributed by atoms with E-state index in [9.17, 15) is 4.79 Å². The Balaban J connectivity index is 2.21. The fraction of sp³-hybridized carbons (Fsp3) is 0.923. The van der Waals surface area contributed by atoms with Crippen molar-refractivity contribution in [2.75, 3.05) is 33.4 Å². The highest BCUT2D eigenvalue weighted by Crippen LogP contribution is 2.12. The van der Waals surface area contributed by atoms with Crippen LogP contribution in [-0.4, -0.2) is 50.2 Å². The molecule has 1 amide bonds. The predicted octanol–water partition coefficient (Wildman–Crippen LogP) is 1.40. The molecule has 0 bridgehead atoms. The molecule has 17 heavy (non-hydrogen) atoms. The summed E-state index contributed by atoms with van der Waals surface area (Å²) in [5.41, 5.74) is 0. The normalized spacial score (nSPS) is 20.2. The molecule has 1 rings (SSSR count). The van der Waals surface area contributed by atoms with Crippen molar-refractivity contribution in [3.05, 3.63) is 0 Å². The molecule has 0 aliphatic carbocycles. The van der Waals surface area contributed by atoms with Gasteiger partial charge in [-0.15, -0.1) is 0 Å². The highest BCUT2D eigenvalue weighted by Gasteiger charge is 2.16. The number of hydrogen-bond acceptors (Lipinski definition) is 3. The van der Waals surface area contributed by atoms with Crippen LogP contribution in [0.5, 0.6) is 0 Å². The van der Waals surface area contributed by atoms with Gasteiger partial charge in [0.15, 0.2) is 0 Å². The first-order valence-electron chi connectivity index (χ1n) is 6.78. The molecular weight excluding hydrogens is 216 g/mol. The summed E-state index contributed by atoms with van der Waals surface area (Å²) < 4.78 is 5.01. The number of ether oxygens (including phenoxy) is 1. The van der Waals surface area contributed by atoms with Crippen LogP contribution in [0.15, 0.2) is 0 Å². The van der Waals surface area contributed by atoms with E-state index in [1.54, 1.807) is 7.11 Å². The first-order chi connectivity index (χ1) is 8.27. The van der Waals surface area contributed by atoms with Crippen LogP contribution in [-0.2, 0) is 9.53 Å². The van der Waals surface area contributed by atoms with E-state index >= 15 is 0 Å². The summed E-state index contributed by atoms with van der Waals surface area (Å²) in [5.74, 6) is 0.261. The monoisotopic (exact) mass is 242 g/mol. The molecule has 1 aliphatic rings. The van der Waals surface area contributed by atoms with Crippen molar-refractivity contribution in [1.29, 1.82) is 0 Å². The summed E-state index contributed by atoms with van der Waals surface area (Å²) in [5, 5.41) is 3.48. The molecule has 1 N–H and O–H groups in total. The number of amides is 1. The van der Waals surface area contributed by atoms with E-state index in [1.165, 1.54) is 19.3 Å². The maximum atomic E-state index is 12.0. The number of carbonyl (C=O) groups is 1. The molecule has 1 aliphatic heterocycles. The molecule has 0 radical (unpaired) electrons. The van der Waals surface area contributed by atoms with E-state index in [0.717, 1.165) is 19.5 Å². The Morgan fingerprint density at radius 2 is 2.29 bits per heavy atom. The van der Waals surface area contributed by atoms with Gasteiger partial charge in [0.25, 0.3) is 0 Å². The number of likely N-dealkylation sites (N-methyl/N-ethyl adjacent to an activating group) is 1. The van der Waals surface area contributed by atoms with Gasteiger partial charge in [0.1, 0.15) is 0 Å². The van der Waals surface area contributed by atoms with Crippen molar-refractivity contribution in [3.8, 4) is 0 Å². The lowest BCUT2D eigenvalue weighted by Gasteiger charge is -2.25. The fourth-order valence-corrected chi connectivity index (χ4v) is 2.29. The molecule has 1 saturated heterocycles. The smallest absolute Gasteiger partial charge is 0.222 e. The third-order valence-electron chi connectivity index (χ3n) is 3.42. The van der Waals surface area contributed by atoms with E-state index in [4.69, 9.17) is 4.74 Å². The van der Waals surface area contributed by atoms with Crippen LogP contribution in [0.2, 0.25) is 0 Å². The molecule has 1 heterocycles. The van der Waals surface area contributed by atoms with E-state index in [1.807, 2.05) is 11.8 Å². The number of methoxy groups -OCH3 is 1.